The predicted molar refractivity (Wildman–Crippen MR) is 84.2 cm³/mol. The highest BCUT2D eigenvalue weighted by molar-refractivity contribution is 7.09. The van der Waals surface area contributed by atoms with E-state index < -0.39 is 17.8 Å². The van der Waals surface area contributed by atoms with Crippen LogP contribution in [0.5, 0.6) is 0 Å². The third-order valence-electron chi connectivity index (χ3n) is 2.95. The Morgan fingerprint density at radius 3 is 2.48 bits per heavy atom. The maximum absolute atomic E-state index is 12.5. The summed E-state index contributed by atoms with van der Waals surface area (Å²) in [6.07, 6.45) is -4.44. The number of carbonyl (C=O) groups is 1. The van der Waals surface area contributed by atoms with Gasteiger partial charge in [0, 0.05) is 11.1 Å². The van der Waals surface area contributed by atoms with Gasteiger partial charge in [-0.1, -0.05) is 5.10 Å². The summed E-state index contributed by atoms with van der Waals surface area (Å²) in [4.78, 5) is 16.0. The molecule has 2 N–H and O–H groups in total. The Hall–Kier alpha value is -2.95. The van der Waals surface area contributed by atoms with Gasteiger partial charge in [0.1, 0.15) is 5.69 Å². The van der Waals surface area contributed by atoms with Gasteiger partial charge in [-0.15, -0.1) is 16.4 Å². The zero-order chi connectivity index (χ0) is 18.0. The molecule has 0 atom stereocenters. The zero-order valence-corrected chi connectivity index (χ0v) is 13.4. The molecule has 3 aromatic rings. The molecule has 2 amide bonds. The van der Waals surface area contributed by atoms with Crippen molar-refractivity contribution >= 4 is 29.1 Å². The monoisotopic (exact) mass is 369 g/mol. The maximum Gasteiger partial charge on any atom is 0.416 e. The highest BCUT2D eigenvalue weighted by Crippen LogP contribution is 2.29. The van der Waals surface area contributed by atoms with Gasteiger partial charge in [0.05, 0.1) is 10.6 Å². The number of halogens is 3. The van der Waals surface area contributed by atoms with Gasteiger partial charge >= 0.3 is 18.2 Å². The number of aryl methyl sites for hydroxylation is 1. The Morgan fingerprint density at radius 1 is 1.16 bits per heavy atom. The zero-order valence-electron chi connectivity index (χ0n) is 12.6. The van der Waals surface area contributed by atoms with Crippen LogP contribution in [0, 0.1) is 6.92 Å². The fourth-order valence-corrected chi connectivity index (χ4v) is 2.43. The standard InChI is InChI=1S/C14H10F3N5O2S/c1-7-18-10(6-25-7)11-21-22-13(24-11)20-12(23)19-9-4-2-8(3-5-9)14(15,16)17/h2-6H,1H3,(H2,19,20,22,23). The van der Waals surface area contributed by atoms with E-state index in [9.17, 15) is 18.0 Å². The summed E-state index contributed by atoms with van der Waals surface area (Å²) in [6, 6.07) is 3.12. The number of thiazole rings is 1. The number of benzene rings is 1. The lowest BCUT2D eigenvalue weighted by atomic mass is 10.2. The fourth-order valence-electron chi connectivity index (χ4n) is 1.84. The van der Waals surface area contributed by atoms with Gasteiger partial charge in [-0.3, -0.25) is 5.32 Å². The number of anilines is 2. The molecule has 2 aromatic heterocycles. The van der Waals surface area contributed by atoms with Gasteiger partial charge in [-0.25, -0.2) is 9.78 Å². The molecule has 0 bridgehead atoms. The van der Waals surface area contributed by atoms with Crippen molar-refractivity contribution in [3.63, 3.8) is 0 Å². The van der Waals surface area contributed by atoms with Crippen LogP contribution in [0.15, 0.2) is 34.1 Å². The van der Waals surface area contributed by atoms with Crippen molar-refractivity contribution in [2.45, 2.75) is 13.1 Å². The fraction of sp³-hybridized carbons (Fsp3) is 0.143. The number of nitrogens with one attached hydrogen (secondary N) is 2. The van der Waals surface area contributed by atoms with Gasteiger partial charge in [0.2, 0.25) is 0 Å². The van der Waals surface area contributed by atoms with Gasteiger partial charge in [-0.05, 0) is 31.2 Å². The predicted octanol–water partition coefficient (Wildman–Crippen LogP) is 4.16. The second-order valence-corrected chi connectivity index (χ2v) is 5.88. The first-order valence-electron chi connectivity index (χ1n) is 6.82. The highest BCUT2D eigenvalue weighted by Gasteiger charge is 2.30. The minimum Gasteiger partial charge on any atom is -0.401 e. The number of amides is 2. The number of hydrogen-bond acceptors (Lipinski definition) is 6. The van der Waals surface area contributed by atoms with E-state index in [2.05, 4.69) is 25.8 Å². The molecule has 7 nitrogen and oxygen atoms in total. The molecule has 0 saturated carbocycles. The molecule has 0 fully saturated rings. The molecule has 130 valence electrons. The van der Waals surface area contributed by atoms with Crippen molar-refractivity contribution in [2.24, 2.45) is 0 Å². The van der Waals surface area contributed by atoms with Gasteiger partial charge < -0.3 is 9.73 Å². The molecule has 0 unspecified atom stereocenters. The number of nitrogens with zero attached hydrogens (tertiary/aromatic N) is 3. The molecule has 0 aliphatic rings. The van der Waals surface area contributed by atoms with Crippen LogP contribution in [0.3, 0.4) is 0 Å². The normalized spacial score (nSPS) is 11.4. The van der Waals surface area contributed by atoms with Crippen molar-refractivity contribution in [1.29, 1.82) is 0 Å². The third kappa shape index (κ3) is 4.12. The first-order valence-corrected chi connectivity index (χ1v) is 7.70. The molecule has 1 aromatic carbocycles. The summed E-state index contributed by atoms with van der Waals surface area (Å²) in [5.74, 6) is 0.147. The Kier molecular flexibility index (Phi) is 4.40. The average Bonchev–Trinajstić information content (AvgIpc) is 3.15. The first kappa shape index (κ1) is 16.9. The van der Waals surface area contributed by atoms with E-state index in [-0.39, 0.29) is 17.6 Å². The number of rotatable bonds is 3. The lowest BCUT2D eigenvalue weighted by Gasteiger charge is -2.08. The van der Waals surface area contributed by atoms with E-state index in [0.717, 1.165) is 29.3 Å². The summed E-state index contributed by atoms with van der Waals surface area (Å²) in [6.45, 7) is 1.82. The van der Waals surface area contributed by atoms with Crippen LogP contribution in [0.1, 0.15) is 10.6 Å². The van der Waals surface area contributed by atoms with Crippen LogP contribution >= 0.6 is 11.3 Å². The molecule has 0 aliphatic heterocycles. The minimum atomic E-state index is -4.44. The van der Waals surface area contributed by atoms with E-state index in [1.54, 1.807) is 5.38 Å². The maximum atomic E-state index is 12.5. The lowest BCUT2D eigenvalue weighted by Crippen LogP contribution is -2.19. The second kappa shape index (κ2) is 6.51. The van der Waals surface area contributed by atoms with Crippen LogP contribution in [0.4, 0.5) is 29.7 Å². The molecule has 2 heterocycles. The minimum absolute atomic E-state index is 0.147. The van der Waals surface area contributed by atoms with E-state index in [4.69, 9.17) is 4.42 Å². The summed E-state index contributed by atoms with van der Waals surface area (Å²) in [5.41, 5.74) is -0.134. The summed E-state index contributed by atoms with van der Waals surface area (Å²) < 4.78 is 42.7. The topological polar surface area (TPSA) is 92.9 Å². The van der Waals surface area contributed by atoms with Crippen molar-refractivity contribution in [1.82, 2.24) is 15.2 Å². The number of urea groups is 1. The Bertz CT molecular complexity index is 889. The van der Waals surface area contributed by atoms with E-state index >= 15 is 0 Å². The molecule has 11 heteroatoms. The smallest absolute Gasteiger partial charge is 0.401 e. The Morgan fingerprint density at radius 2 is 1.88 bits per heavy atom. The molecule has 0 radical (unpaired) electrons. The van der Waals surface area contributed by atoms with Gasteiger partial charge in [-0.2, -0.15) is 13.2 Å². The van der Waals surface area contributed by atoms with Crippen LogP contribution in [-0.4, -0.2) is 21.2 Å². The summed E-state index contributed by atoms with van der Waals surface area (Å²) in [5, 5.41) is 14.6. The molecule has 0 saturated heterocycles. The number of hydrogen-bond donors (Lipinski definition) is 2. The summed E-state index contributed by atoms with van der Waals surface area (Å²) >= 11 is 1.41. The number of carbonyl (C=O) groups excluding carboxylic acids is 1. The van der Waals surface area contributed by atoms with E-state index in [1.165, 1.54) is 11.3 Å². The van der Waals surface area contributed by atoms with Crippen molar-refractivity contribution < 1.29 is 22.4 Å². The van der Waals surface area contributed by atoms with Crippen molar-refractivity contribution in [2.75, 3.05) is 10.6 Å². The molecule has 3 rings (SSSR count). The highest BCUT2D eigenvalue weighted by atomic mass is 32.1. The van der Waals surface area contributed by atoms with E-state index in [0.29, 0.717) is 5.69 Å². The second-order valence-electron chi connectivity index (χ2n) is 4.82. The molecule has 0 aliphatic carbocycles. The van der Waals surface area contributed by atoms with Crippen LogP contribution in [0.25, 0.3) is 11.6 Å². The van der Waals surface area contributed by atoms with Gasteiger partial charge in [0.15, 0.2) is 0 Å². The third-order valence-corrected chi connectivity index (χ3v) is 3.73. The molecular formula is C14H10F3N5O2S. The van der Waals surface area contributed by atoms with E-state index in [1.807, 2.05) is 6.92 Å². The van der Waals surface area contributed by atoms with Crippen LogP contribution < -0.4 is 10.6 Å². The lowest BCUT2D eigenvalue weighted by molar-refractivity contribution is -0.137. The van der Waals surface area contributed by atoms with Crippen LogP contribution in [-0.2, 0) is 6.18 Å². The first-order chi connectivity index (χ1) is 11.8. The largest absolute Gasteiger partial charge is 0.416 e. The van der Waals surface area contributed by atoms with Crippen LogP contribution in [0.2, 0.25) is 0 Å². The Balaban J connectivity index is 1.62. The molecule has 0 spiro atoms. The number of alkyl halides is 3. The Labute approximate surface area is 142 Å². The summed E-state index contributed by atoms with van der Waals surface area (Å²) in [7, 11) is 0. The molecule has 25 heavy (non-hydrogen) atoms. The van der Waals surface area contributed by atoms with Crippen molar-refractivity contribution in [3.8, 4) is 11.6 Å². The average molecular weight is 369 g/mol. The SMILES string of the molecule is Cc1nc(-c2nnc(NC(=O)Nc3ccc(C(F)(F)F)cc3)o2)cs1. The quantitative estimate of drug-likeness (QED) is 0.723. The molecular weight excluding hydrogens is 359 g/mol. The van der Waals surface area contributed by atoms with Crippen molar-refractivity contribution in [3.05, 3.63) is 40.2 Å². The number of aromatic nitrogens is 3. The van der Waals surface area contributed by atoms with Gasteiger partial charge in [0.25, 0.3) is 5.89 Å².